The second kappa shape index (κ2) is 6.89. The molecule has 1 aliphatic heterocycles. The number of fused-ring (bicyclic) bond motifs is 1. The van der Waals surface area contributed by atoms with Crippen molar-refractivity contribution in [1.82, 2.24) is 9.88 Å². The molecule has 2 heterocycles. The molecule has 0 aliphatic carbocycles. The van der Waals surface area contributed by atoms with Gasteiger partial charge >= 0.3 is 0 Å². The van der Waals surface area contributed by atoms with Crippen molar-refractivity contribution >= 4 is 11.6 Å². The zero-order valence-corrected chi connectivity index (χ0v) is 14.3. The number of hydrogen-bond donors (Lipinski definition) is 1. The Labute approximate surface area is 155 Å². The first-order valence-electron chi connectivity index (χ1n) is 8.43. The van der Waals surface area contributed by atoms with Gasteiger partial charge in [-0.2, -0.15) is 5.26 Å². The molecule has 1 N–H and O–H groups in total. The number of hydrogen-bond acceptors (Lipinski definition) is 4. The maximum absolute atomic E-state index is 13.2. The lowest BCUT2D eigenvalue weighted by Gasteiger charge is -2.26. The summed E-state index contributed by atoms with van der Waals surface area (Å²) < 4.78 is 13.2. The van der Waals surface area contributed by atoms with Gasteiger partial charge in [0.1, 0.15) is 12.0 Å². The zero-order chi connectivity index (χ0) is 18.8. The highest BCUT2D eigenvalue weighted by atomic mass is 19.1. The number of pyridine rings is 1. The summed E-state index contributed by atoms with van der Waals surface area (Å²) in [5.74, 6) is -0.462. The lowest BCUT2D eigenvalue weighted by Crippen LogP contribution is -2.32. The molecule has 0 saturated heterocycles. The molecule has 0 saturated carbocycles. The quantitative estimate of drug-likeness (QED) is 0.769. The summed E-state index contributed by atoms with van der Waals surface area (Å²) in [6.07, 6.45) is 1.17. The van der Waals surface area contributed by atoms with E-state index >= 15 is 0 Å². The monoisotopic (exact) mass is 358 g/mol. The second-order valence-corrected chi connectivity index (χ2v) is 6.24. The van der Waals surface area contributed by atoms with E-state index in [-0.39, 0.29) is 11.7 Å². The van der Waals surface area contributed by atoms with E-state index in [4.69, 9.17) is 5.26 Å². The van der Waals surface area contributed by atoms with Crippen molar-refractivity contribution < 1.29 is 9.18 Å². The van der Waals surface area contributed by atoms with Crippen LogP contribution in [0.25, 0.3) is 0 Å². The van der Waals surface area contributed by atoms with Gasteiger partial charge in [0.15, 0.2) is 0 Å². The highest BCUT2D eigenvalue weighted by molar-refractivity contribution is 5.98. The van der Waals surface area contributed by atoms with E-state index in [0.29, 0.717) is 23.4 Å². The van der Waals surface area contributed by atoms with Gasteiger partial charge in [-0.1, -0.05) is 18.2 Å². The molecular weight excluding hydrogens is 343 g/mol. The van der Waals surface area contributed by atoms with Gasteiger partial charge in [0.05, 0.1) is 22.9 Å². The van der Waals surface area contributed by atoms with E-state index in [2.05, 4.69) is 16.4 Å². The third-order valence-electron chi connectivity index (χ3n) is 4.46. The Morgan fingerprint density at radius 3 is 2.74 bits per heavy atom. The lowest BCUT2D eigenvalue weighted by molar-refractivity contribution is 0.0728. The van der Waals surface area contributed by atoms with Crippen LogP contribution in [0.5, 0.6) is 0 Å². The molecule has 1 amide bonds. The largest absolute Gasteiger partial charge is 0.360 e. The molecule has 0 unspecified atom stereocenters. The van der Waals surface area contributed by atoms with Crippen LogP contribution < -0.4 is 5.32 Å². The number of amides is 1. The number of benzene rings is 2. The number of rotatable bonds is 4. The third kappa shape index (κ3) is 3.23. The molecule has 132 valence electrons. The van der Waals surface area contributed by atoms with Gasteiger partial charge in [0.25, 0.3) is 5.91 Å². The standard InChI is InChI=1S/C21H15FN4O/c22-16-8-6-14(7-9-16)13-26-20(19-18(21(26)27)5-2-10-24-19)25-17-4-1-3-15(11-17)12-23/h1-11,20,25H,13H2/t20-/m1/s1. The van der Waals surface area contributed by atoms with Gasteiger partial charge in [-0.25, -0.2) is 4.39 Å². The van der Waals surface area contributed by atoms with Crippen LogP contribution in [0.4, 0.5) is 10.1 Å². The molecule has 0 fully saturated rings. The van der Waals surface area contributed by atoms with Crippen LogP contribution in [-0.2, 0) is 6.54 Å². The van der Waals surface area contributed by atoms with E-state index in [0.717, 1.165) is 11.3 Å². The zero-order valence-electron chi connectivity index (χ0n) is 14.3. The van der Waals surface area contributed by atoms with E-state index in [1.165, 1.54) is 12.1 Å². The van der Waals surface area contributed by atoms with E-state index < -0.39 is 6.17 Å². The van der Waals surface area contributed by atoms with E-state index in [1.807, 2.05) is 6.07 Å². The molecule has 27 heavy (non-hydrogen) atoms. The molecule has 1 atom stereocenters. The smallest absolute Gasteiger partial charge is 0.258 e. The number of aromatic nitrogens is 1. The van der Waals surface area contributed by atoms with Crippen molar-refractivity contribution in [2.24, 2.45) is 0 Å². The normalized spacial score (nSPS) is 15.3. The van der Waals surface area contributed by atoms with E-state index in [1.54, 1.807) is 53.6 Å². The summed E-state index contributed by atoms with van der Waals surface area (Å²) in [7, 11) is 0. The first kappa shape index (κ1) is 16.7. The minimum absolute atomic E-state index is 0.142. The topological polar surface area (TPSA) is 69.0 Å². The van der Waals surface area contributed by atoms with Crippen LogP contribution in [0.2, 0.25) is 0 Å². The molecule has 6 heteroatoms. The van der Waals surface area contributed by atoms with Gasteiger partial charge in [-0.3, -0.25) is 9.78 Å². The fourth-order valence-electron chi connectivity index (χ4n) is 3.17. The second-order valence-electron chi connectivity index (χ2n) is 6.24. The van der Waals surface area contributed by atoms with Gasteiger partial charge in [0, 0.05) is 18.4 Å². The Hall–Kier alpha value is -3.72. The third-order valence-corrected chi connectivity index (χ3v) is 4.46. The number of carbonyl (C=O) groups is 1. The van der Waals surface area contributed by atoms with Crippen molar-refractivity contribution in [1.29, 1.82) is 5.26 Å². The van der Waals surface area contributed by atoms with Crippen molar-refractivity contribution in [3.05, 3.63) is 95.1 Å². The molecule has 3 aromatic rings. The minimum atomic E-state index is -0.479. The Morgan fingerprint density at radius 1 is 1.15 bits per heavy atom. The summed E-state index contributed by atoms with van der Waals surface area (Å²) in [6, 6.07) is 18.7. The fourth-order valence-corrected chi connectivity index (χ4v) is 3.17. The highest BCUT2D eigenvalue weighted by Gasteiger charge is 2.37. The molecule has 2 aromatic carbocycles. The van der Waals surface area contributed by atoms with Crippen LogP contribution in [0, 0.1) is 17.1 Å². The van der Waals surface area contributed by atoms with Gasteiger partial charge in [0.2, 0.25) is 0 Å². The number of halogens is 1. The molecule has 4 rings (SSSR count). The summed E-state index contributed by atoms with van der Waals surface area (Å²) >= 11 is 0. The number of nitriles is 1. The molecular formula is C21H15FN4O. The number of carbonyl (C=O) groups excluding carboxylic acids is 1. The average molecular weight is 358 g/mol. The summed E-state index contributed by atoms with van der Waals surface area (Å²) in [4.78, 5) is 19.0. The van der Waals surface area contributed by atoms with E-state index in [9.17, 15) is 9.18 Å². The SMILES string of the molecule is N#Cc1cccc(N[C@H]2c3ncccc3C(=O)N2Cc2ccc(F)cc2)c1. The Kier molecular flexibility index (Phi) is 4.27. The van der Waals surface area contributed by atoms with Crippen LogP contribution in [0.3, 0.4) is 0 Å². The maximum Gasteiger partial charge on any atom is 0.258 e. The molecule has 1 aromatic heterocycles. The lowest BCUT2D eigenvalue weighted by atomic mass is 10.2. The van der Waals surface area contributed by atoms with Crippen molar-refractivity contribution in [3.8, 4) is 6.07 Å². The van der Waals surface area contributed by atoms with Crippen molar-refractivity contribution in [3.63, 3.8) is 0 Å². The Balaban J connectivity index is 1.69. The first-order chi connectivity index (χ1) is 13.2. The highest BCUT2D eigenvalue weighted by Crippen LogP contribution is 2.34. The molecule has 0 bridgehead atoms. The van der Waals surface area contributed by atoms with Gasteiger partial charge < -0.3 is 10.2 Å². The minimum Gasteiger partial charge on any atom is -0.360 e. The number of nitrogens with one attached hydrogen (secondary N) is 1. The molecule has 0 spiro atoms. The van der Waals surface area contributed by atoms with Gasteiger partial charge in [-0.15, -0.1) is 0 Å². The first-order valence-corrected chi connectivity index (χ1v) is 8.43. The Bertz CT molecular complexity index is 1040. The predicted molar refractivity (Wildman–Crippen MR) is 98.0 cm³/mol. The van der Waals surface area contributed by atoms with Crippen LogP contribution in [0.1, 0.15) is 33.3 Å². The maximum atomic E-state index is 13.2. The number of anilines is 1. The number of nitrogens with zero attached hydrogens (tertiary/aromatic N) is 3. The summed E-state index contributed by atoms with van der Waals surface area (Å²) in [6.45, 7) is 0.311. The van der Waals surface area contributed by atoms with Crippen LogP contribution in [0.15, 0.2) is 66.9 Å². The summed E-state index contributed by atoms with van der Waals surface area (Å²) in [5, 5.41) is 12.4. The molecule has 0 radical (unpaired) electrons. The fraction of sp³-hybridized carbons (Fsp3) is 0.0952. The van der Waals surface area contributed by atoms with Crippen LogP contribution in [-0.4, -0.2) is 15.8 Å². The predicted octanol–water partition coefficient (Wildman–Crippen LogP) is 3.86. The molecule has 5 nitrogen and oxygen atoms in total. The van der Waals surface area contributed by atoms with Crippen molar-refractivity contribution in [2.45, 2.75) is 12.7 Å². The summed E-state index contributed by atoms with van der Waals surface area (Å²) in [5.41, 5.74) is 3.22. The van der Waals surface area contributed by atoms with Crippen LogP contribution >= 0.6 is 0 Å². The van der Waals surface area contributed by atoms with Gasteiger partial charge in [-0.05, 0) is 48.0 Å². The Morgan fingerprint density at radius 2 is 1.96 bits per heavy atom. The van der Waals surface area contributed by atoms with Crippen molar-refractivity contribution in [2.75, 3.05) is 5.32 Å². The molecule has 1 aliphatic rings. The average Bonchev–Trinajstić information content (AvgIpc) is 2.96.